The standard InChI is InChI=1S/C20H17N3O2/c1-25-18-9-5-8-17(14-18)20(24)23-22-19(15-6-3-2-4-7-15)16-10-12-21-13-11-16/h2-14H,1H3,(H,23,24)/b22-19-. The third kappa shape index (κ3) is 4.09. The maximum Gasteiger partial charge on any atom is 0.271 e. The topological polar surface area (TPSA) is 63.6 Å². The number of ether oxygens (including phenoxy) is 1. The molecule has 0 saturated carbocycles. The largest absolute Gasteiger partial charge is 0.497 e. The Morgan fingerprint density at radius 3 is 2.32 bits per heavy atom. The van der Waals surface area contributed by atoms with Crippen LogP contribution in [0.25, 0.3) is 0 Å². The molecule has 5 nitrogen and oxygen atoms in total. The molecule has 25 heavy (non-hydrogen) atoms. The van der Waals surface area contributed by atoms with Gasteiger partial charge in [0.1, 0.15) is 5.75 Å². The van der Waals surface area contributed by atoms with Gasteiger partial charge >= 0.3 is 0 Å². The number of hydrazone groups is 1. The van der Waals surface area contributed by atoms with Crippen molar-refractivity contribution in [1.82, 2.24) is 10.4 Å². The van der Waals surface area contributed by atoms with Crippen LogP contribution in [0.2, 0.25) is 0 Å². The van der Waals surface area contributed by atoms with Crippen LogP contribution >= 0.6 is 0 Å². The van der Waals surface area contributed by atoms with Crippen LogP contribution in [0.5, 0.6) is 5.75 Å². The molecule has 3 aromatic rings. The number of carbonyl (C=O) groups excluding carboxylic acids is 1. The summed E-state index contributed by atoms with van der Waals surface area (Å²) in [4.78, 5) is 16.4. The molecule has 0 radical (unpaired) electrons. The summed E-state index contributed by atoms with van der Waals surface area (Å²) in [6.45, 7) is 0. The predicted molar refractivity (Wildman–Crippen MR) is 96.8 cm³/mol. The van der Waals surface area contributed by atoms with Gasteiger partial charge < -0.3 is 4.74 Å². The molecule has 124 valence electrons. The van der Waals surface area contributed by atoms with Gasteiger partial charge in [-0.3, -0.25) is 9.78 Å². The van der Waals surface area contributed by atoms with E-state index in [1.165, 1.54) is 0 Å². The lowest BCUT2D eigenvalue weighted by Gasteiger charge is -2.08. The molecule has 0 atom stereocenters. The summed E-state index contributed by atoms with van der Waals surface area (Å²) >= 11 is 0. The Labute approximate surface area is 146 Å². The van der Waals surface area contributed by atoms with Gasteiger partial charge in [-0.2, -0.15) is 5.10 Å². The SMILES string of the molecule is COc1cccc(C(=O)N/N=C(/c2ccccc2)c2ccncc2)c1. The van der Waals surface area contributed by atoms with E-state index < -0.39 is 0 Å². The number of nitrogens with zero attached hydrogens (tertiary/aromatic N) is 2. The summed E-state index contributed by atoms with van der Waals surface area (Å²) in [7, 11) is 1.56. The highest BCUT2D eigenvalue weighted by Crippen LogP contribution is 2.13. The maximum absolute atomic E-state index is 12.4. The molecule has 1 aromatic heterocycles. The minimum atomic E-state index is -0.304. The van der Waals surface area contributed by atoms with E-state index >= 15 is 0 Å². The fraction of sp³-hybridized carbons (Fsp3) is 0.0500. The number of methoxy groups -OCH3 is 1. The Hall–Kier alpha value is -3.47. The van der Waals surface area contributed by atoms with Gasteiger partial charge in [0, 0.05) is 29.1 Å². The summed E-state index contributed by atoms with van der Waals surface area (Å²) in [5.41, 5.74) is 5.53. The summed E-state index contributed by atoms with van der Waals surface area (Å²) in [6, 6.07) is 20.3. The molecular weight excluding hydrogens is 314 g/mol. The van der Waals surface area contributed by atoms with Crippen molar-refractivity contribution in [3.63, 3.8) is 0 Å². The number of aromatic nitrogens is 1. The Morgan fingerprint density at radius 1 is 0.920 bits per heavy atom. The van der Waals surface area contributed by atoms with Crippen molar-refractivity contribution in [2.75, 3.05) is 7.11 Å². The Kier molecular flexibility index (Phi) is 5.16. The lowest BCUT2D eigenvalue weighted by Crippen LogP contribution is -2.20. The second-order valence-corrected chi connectivity index (χ2v) is 5.24. The van der Waals surface area contributed by atoms with E-state index in [-0.39, 0.29) is 5.91 Å². The van der Waals surface area contributed by atoms with Crippen molar-refractivity contribution >= 4 is 11.6 Å². The van der Waals surface area contributed by atoms with Crippen LogP contribution in [0.15, 0.2) is 84.2 Å². The zero-order valence-corrected chi connectivity index (χ0v) is 13.7. The van der Waals surface area contributed by atoms with Gasteiger partial charge in [0.25, 0.3) is 5.91 Å². The number of nitrogens with one attached hydrogen (secondary N) is 1. The van der Waals surface area contributed by atoms with Crippen LogP contribution in [-0.2, 0) is 0 Å². The Bertz CT molecular complexity index is 836. The Morgan fingerprint density at radius 2 is 1.60 bits per heavy atom. The molecular formula is C20H17N3O2. The molecule has 1 N–H and O–H groups in total. The molecule has 1 amide bonds. The molecule has 5 heteroatoms. The van der Waals surface area contributed by atoms with Crippen molar-refractivity contribution < 1.29 is 9.53 Å². The first-order chi connectivity index (χ1) is 12.3. The molecule has 2 aromatic carbocycles. The number of pyridine rings is 1. The van der Waals surface area contributed by atoms with E-state index in [0.29, 0.717) is 17.0 Å². The normalized spacial score (nSPS) is 11.0. The highest BCUT2D eigenvalue weighted by Gasteiger charge is 2.09. The lowest BCUT2D eigenvalue weighted by molar-refractivity contribution is 0.0954. The molecule has 0 aliphatic carbocycles. The van der Waals surface area contributed by atoms with E-state index in [1.807, 2.05) is 42.5 Å². The van der Waals surface area contributed by atoms with Crippen molar-refractivity contribution in [3.8, 4) is 5.75 Å². The van der Waals surface area contributed by atoms with E-state index in [2.05, 4.69) is 15.5 Å². The molecule has 0 fully saturated rings. The third-order valence-corrected chi connectivity index (χ3v) is 3.60. The van der Waals surface area contributed by atoms with Gasteiger partial charge in [-0.05, 0) is 30.3 Å². The zero-order chi connectivity index (χ0) is 17.5. The van der Waals surface area contributed by atoms with Gasteiger partial charge in [-0.1, -0.05) is 36.4 Å². The van der Waals surface area contributed by atoms with Crippen LogP contribution in [0, 0.1) is 0 Å². The van der Waals surface area contributed by atoms with Crippen LogP contribution in [0.4, 0.5) is 0 Å². The minimum absolute atomic E-state index is 0.304. The maximum atomic E-state index is 12.4. The minimum Gasteiger partial charge on any atom is -0.497 e. The molecule has 0 bridgehead atoms. The van der Waals surface area contributed by atoms with Crippen LogP contribution < -0.4 is 10.2 Å². The van der Waals surface area contributed by atoms with Crippen molar-refractivity contribution in [1.29, 1.82) is 0 Å². The first kappa shape index (κ1) is 16.4. The van der Waals surface area contributed by atoms with Gasteiger partial charge in [0.2, 0.25) is 0 Å². The quantitative estimate of drug-likeness (QED) is 0.576. The third-order valence-electron chi connectivity index (χ3n) is 3.60. The second kappa shape index (κ2) is 7.88. The van der Waals surface area contributed by atoms with Gasteiger partial charge in [-0.25, -0.2) is 5.43 Å². The molecule has 0 aliphatic rings. The highest BCUT2D eigenvalue weighted by molar-refractivity contribution is 6.13. The number of rotatable bonds is 5. The molecule has 0 saturated heterocycles. The van der Waals surface area contributed by atoms with Gasteiger partial charge in [-0.15, -0.1) is 0 Å². The summed E-state index contributed by atoms with van der Waals surface area (Å²) in [6.07, 6.45) is 3.38. The summed E-state index contributed by atoms with van der Waals surface area (Å²) < 4.78 is 5.15. The second-order valence-electron chi connectivity index (χ2n) is 5.24. The average Bonchev–Trinajstić information content (AvgIpc) is 2.69. The number of benzene rings is 2. The van der Waals surface area contributed by atoms with Crippen LogP contribution in [0.3, 0.4) is 0 Å². The van der Waals surface area contributed by atoms with Crippen molar-refractivity contribution in [2.45, 2.75) is 0 Å². The molecule has 1 heterocycles. The average molecular weight is 331 g/mol. The summed E-state index contributed by atoms with van der Waals surface area (Å²) in [5, 5.41) is 4.34. The lowest BCUT2D eigenvalue weighted by atomic mass is 10.0. The van der Waals surface area contributed by atoms with E-state index in [1.54, 1.807) is 43.8 Å². The highest BCUT2D eigenvalue weighted by atomic mass is 16.5. The summed E-state index contributed by atoms with van der Waals surface area (Å²) in [5.74, 6) is 0.315. The molecule has 0 aliphatic heterocycles. The first-order valence-corrected chi connectivity index (χ1v) is 7.76. The van der Waals surface area contributed by atoms with Crippen LogP contribution in [-0.4, -0.2) is 23.7 Å². The first-order valence-electron chi connectivity index (χ1n) is 7.76. The number of hydrogen-bond acceptors (Lipinski definition) is 4. The van der Waals surface area contributed by atoms with Crippen molar-refractivity contribution in [2.24, 2.45) is 5.10 Å². The van der Waals surface area contributed by atoms with Crippen LogP contribution in [0.1, 0.15) is 21.5 Å². The number of hydrogen-bond donors (Lipinski definition) is 1. The molecule has 0 unspecified atom stereocenters. The fourth-order valence-electron chi connectivity index (χ4n) is 2.34. The Balaban J connectivity index is 1.90. The predicted octanol–water partition coefficient (Wildman–Crippen LogP) is 3.27. The molecule has 0 spiro atoms. The smallest absolute Gasteiger partial charge is 0.271 e. The van der Waals surface area contributed by atoms with Crippen molar-refractivity contribution in [3.05, 3.63) is 95.8 Å². The number of amides is 1. The van der Waals surface area contributed by atoms with E-state index in [4.69, 9.17) is 4.74 Å². The van der Waals surface area contributed by atoms with E-state index in [9.17, 15) is 4.79 Å². The van der Waals surface area contributed by atoms with E-state index in [0.717, 1.165) is 11.1 Å². The van der Waals surface area contributed by atoms with Gasteiger partial charge in [0.05, 0.1) is 12.8 Å². The zero-order valence-electron chi connectivity index (χ0n) is 13.7. The molecule has 3 rings (SSSR count). The monoisotopic (exact) mass is 331 g/mol. The fourth-order valence-corrected chi connectivity index (χ4v) is 2.34. The van der Waals surface area contributed by atoms with Gasteiger partial charge in [0.15, 0.2) is 0 Å². The number of carbonyl (C=O) groups is 1.